The number of hydrogen-bond donors (Lipinski definition) is 24. The largest absolute Gasteiger partial charge is 0.508 e. The number of nitrogens with one attached hydrogen (secondary N) is 13. The van der Waals surface area contributed by atoms with Gasteiger partial charge in [0.05, 0.1) is 31.5 Å². The fourth-order valence-electron chi connectivity index (χ4n) is 10.5. The average molecular weight is 1640 g/mol. The molecule has 18 atom stereocenters. The summed E-state index contributed by atoms with van der Waals surface area (Å²) >= 11 is 0. The summed E-state index contributed by atoms with van der Waals surface area (Å²) < 4.78 is 0. The number of carboxylic acids is 5. The van der Waals surface area contributed by atoms with Crippen molar-refractivity contribution in [2.24, 2.45) is 40.9 Å². The second-order valence-electron chi connectivity index (χ2n) is 28.5. The maximum absolute atomic E-state index is 14.2. The molecule has 44 nitrogen and oxygen atoms in total. The molecule has 44 heteroatoms. The molecule has 0 aliphatic rings. The number of nitrogens with two attached hydrogens (primary N) is 3. The van der Waals surface area contributed by atoms with Gasteiger partial charge in [-0.25, -0.2) is 4.79 Å². The number of carboxylic acid groups (broad SMARTS) is 5. The predicted octanol–water partition coefficient (Wildman–Crippen LogP) is -6.32. The van der Waals surface area contributed by atoms with E-state index < -0.39 is 272 Å². The number of benzene rings is 1. The molecule has 0 bridgehead atoms. The third-order valence-electron chi connectivity index (χ3n) is 17.3. The number of amides is 15. The van der Waals surface area contributed by atoms with Gasteiger partial charge in [0, 0.05) is 26.2 Å². The van der Waals surface area contributed by atoms with Crippen molar-refractivity contribution in [2.45, 2.75) is 264 Å². The molecule has 1 aromatic rings. The van der Waals surface area contributed by atoms with Crippen LogP contribution in [0.1, 0.15) is 166 Å². The number of carbonyl (C=O) groups excluding carboxylic acids is 15. The fourth-order valence-corrected chi connectivity index (χ4v) is 10.5. The normalized spacial score (nSPS) is 15.7. The fraction of sp³-hybridized carbons (Fsp3) is 0.634. The molecular weight excluding hydrogens is 1520 g/mol. The Labute approximate surface area is 662 Å². The molecule has 646 valence electrons. The van der Waals surface area contributed by atoms with E-state index in [-0.39, 0.29) is 49.7 Å². The minimum atomic E-state index is -2.16. The number of aliphatic hydroxyl groups excluding tert-OH is 2. The molecule has 0 aliphatic carbocycles. The first-order valence-electron chi connectivity index (χ1n) is 36.8. The number of aliphatic carboxylic acids is 5. The van der Waals surface area contributed by atoms with Crippen molar-refractivity contribution in [3.05, 3.63) is 29.8 Å². The first kappa shape index (κ1) is 103. The summed E-state index contributed by atoms with van der Waals surface area (Å²) in [6.45, 7) is 18.6. The molecule has 115 heavy (non-hydrogen) atoms. The molecule has 1 aromatic carbocycles. The quantitative estimate of drug-likeness (QED) is 0.0288. The smallest absolute Gasteiger partial charge is 0.326 e. The van der Waals surface area contributed by atoms with E-state index in [1.807, 2.05) is 0 Å². The van der Waals surface area contributed by atoms with E-state index in [4.69, 9.17) is 27.1 Å². The van der Waals surface area contributed by atoms with Crippen LogP contribution in [0.3, 0.4) is 0 Å². The van der Waals surface area contributed by atoms with Crippen molar-refractivity contribution in [3.8, 4) is 5.75 Å². The van der Waals surface area contributed by atoms with E-state index in [9.17, 15) is 127 Å². The lowest BCUT2D eigenvalue weighted by Gasteiger charge is -2.30. The first-order chi connectivity index (χ1) is 53.3. The van der Waals surface area contributed by atoms with Gasteiger partial charge < -0.3 is 127 Å². The van der Waals surface area contributed by atoms with Crippen LogP contribution in [-0.2, 0) is 102 Å². The van der Waals surface area contributed by atoms with Crippen LogP contribution in [0.25, 0.3) is 0 Å². The second kappa shape index (κ2) is 51.1. The van der Waals surface area contributed by atoms with Crippen LogP contribution in [0, 0.1) is 23.7 Å². The van der Waals surface area contributed by atoms with E-state index in [2.05, 4.69) is 69.1 Å². The van der Waals surface area contributed by atoms with E-state index in [1.165, 1.54) is 52.0 Å². The van der Waals surface area contributed by atoms with Gasteiger partial charge in [-0.1, -0.05) is 80.4 Å². The Bertz CT molecular complexity index is 3580. The van der Waals surface area contributed by atoms with Gasteiger partial charge in [-0.15, -0.1) is 0 Å². The van der Waals surface area contributed by atoms with Gasteiger partial charge in [-0.3, -0.25) is 91.1 Å². The predicted molar refractivity (Wildman–Crippen MR) is 402 cm³/mol. The van der Waals surface area contributed by atoms with Gasteiger partial charge in [0.1, 0.15) is 90.3 Å². The molecule has 0 aromatic heterocycles. The molecule has 1 rings (SSSR count). The van der Waals surface area contributed by atoms with Gasteiger partial charge in [-0.05, 0) is 94.7 Å². The lowest BCUT2D eigenvalue weighted by atomic mass is 9.96. The van der Waals surface area contributed by atoms with Crippen LogP contribution in [-0.4, -0.2) is 256 Å². The topological polar surface area (TPSA) is 738 Å². The van der Waals surface area contributed by atoms with E-state index >= 15 is 0 Å². The minimum Gasteiger partial charge on any atom is -0.508 e. The van der Waals surface area contributed by atoms with Crippen LogP contribution in [0.4, 0.5) is 0 Å². The lowest BCUT2D eigenvalue weighted by molar-refractivity contribution is -0.142. The zero-order valence-corrected chi connectivity index (χ0v) is 66.3. The monoisotopic (exact) mass is 1640 g/mol. The van der Waals surface area contributed by atoms with Crippen molar-refractivity contribution in [2.75, 3.05) is 0 Å². The number of hydrogen-bond acceptors (Lipinski definition) is 24. The minimum absolute atomic E-state index is 0.0332. The van der Waals surface area contributed by atoms with Gasteiger partial charge >= 0.3 is 23.9 Å². The molecule has 0 saturated carbocycles. The first-order valence-corrected chi connectivity index (χ1v) is 36.8. The number of primary amides is 2. The Morgan fingerprint density at radius 1 is 0.357 bits per heavy atom. The highest BCUT2D eigenvalue weighted by molar-refractivity contribution is 6.02. The SMILES string of the molecule is CC(=O)O.CCC(C)C(NC(=O)C(CCC(=O)O)NC(=O)C(CCC(=O)O)NC(=O)C(NC(=O)C(C)NC(=O)C(CC(N)=O)NC(=O)C(CC(N)=O)NC(=O)C(CC(=O)O)NC(=O)C(NC(=O)C(CC(C)C)NC(=O)C(C)NC(=O)C(N)C(C)O)C(C)CC)C(C)O)C(=O)NC(CC(C)C)C(=O)NC(Cc1ccc(O)cc1)C(=O)O. The summed E-state index contributed by atoms with van der Waals surface area (Å²) in [5.41, 5.74) is 16.9. The highest BCUT2D eigenvalue weighted by Crippen LogP contribution is 2.17. The van der Waals surface area contributed by atoms with E-state index in [1.54, 1.807) is 41.5 Å². The highest BCUT2D eigenvalue weighted by atomic mass is 16.4. The van der Waals surface area contributed by atoms with Crippen LogP contribution in [0.2, 0.25) is 0 Å². The summed E-state index contributed by atoms with van der Waals surface area (Å²) in [6.07, 6.45) is -9.77. The summed E-state index contributed by atoms with van der Waals surface area (Å²) in [4.78, 5) is 262. The zero-order valence-electron chi connectivity index (χ0n) is 66.3. The molecule has 27 N–H and O–H groups in total. The number of phenolic OH excluding ortho intramolecular Hbond substituents is 1. The number of carbonyl (C=O) groups is 20. The second-order valence-corrected chi connectivity index (χ2v) is 28.5. The van der Waals surface area contributed by atoms with Gasteiger partial charge in [-0.2, -0.15) is 0 Å². The summed E-state index contributed by atoms with van der Waals surface area (Å²) in [5.74, 6) is -27.2. The van der Waals surface area contributed by atoms with Crippen LogP contribution >= 0.6 is 0 Å². The highest BCUT2D eigenvalue weighted by Gasteiger charge is 2.40. The Morgan fingerprint density at radius 2 is 0.652 bits per heavy atom. The molecule has 0 aliphatic heterocycles. The third kappa shape index (κ3) is 40.1. The van der Waals surface area contributed by atoms with Gasteiger partial charge in [0.2, 0.25) is 88.6 Å². The maximum Gasteiger partial charge on any atom is 0.326 e. The van der Waals surface area contributed by atoms with Crippen LogP contribution in [0.15, 0.2) is 24.3 Å². The van der Waals surface area contributed by atoms with Crippen molar-refractivity contribution >= 4 is 118 Å². The zero-order chi connectivity index (χ0) is 88.8. The standard InChI is InChI=1S/C69H110N16O26.C2H4O2/c1-13-31(7)53(66(107)80-41(23-29(3)4)61(102)82-46(69(110)111)25-37-15-17-38(88)18-16-37)83-59(100)40(20-22-50(93)94)75-58(99)39(19-21-49(91)92)76-68(109)55(36(12)87)85-57(98)34(10)73-60(101)43(26-47(70)89)78-62(103)44(27-48(71)90)79-63(104)45(28-51(95)96)81-67(108)54(32(8)14-2)84-64(105)42(24-30(5)6)77-56(97)33(9)74-65(106)52(72)35(11)86;1-2(3)4/h15-18,29-36,39-46,52-55,86-88H,13-14,19-28,72H2,1-12H3,(H2,70,89)(H2,71,90)(H,73,101)(H,74,106)(H,75,99)(H,76,109)(H,77,97)(H,78,103)(H,79,104)(H,80,107)(H,81,108)(H,82,102)(H,83,100)(H,84,105)(H,85,98)(H,91,92)(H,93,94)(H,95,96)(H,110,111);1H3,(H,3,4). The Balaban J connectivity index is 0.0000317. The summed E-state index contributed by atoms with van der Waals surface area (Å²) in [5, 5.41) is 106. The maximum atomic E-state index is 14.2. The Morgan fingerprint density at radius 3 is 1.02 bits per heavy atom. The van der Waals surface area contributed by atoms with Crippen LogP contribution in [0.5, 0.6) is 5.75 Å². The van der Waals surface area contributed by atoms with Gasteiger partial charge in [0.15, 0.2) is 0 Å². The molecule has 0 saturated heterocycles. The molecular formula is C71H114N16O28. The van der Waals surface area contributed by atoms with Crippen molar-refractivity contribution in [3.63, 3.8) is 0 Å². The van der Waals surface area contributed by atoms with E-state index in [0.29, 0.717) is 5.56 Å². The number of rotatable bonds is 51. The van der Waals surface area contributed by atoms with Crippen molar-refractivity contribution < 1.29 is 137 Å². The Hall–Kier alpha value is -11.7. The third-order valence-corrected chi connectivity index (χ3v) is 17.3. The van der Waals surface area contributed by atoms with Gasteiger partial charge in [0.25, 0.3) is 5.97 Å². The molecule has 0 radical (unpaired) electrons. The molecule has 18 unspecified atom stereocenters. The molecule has 0 spiro atoms. The molecule has 15 amide bonds. The average Bonchev–Trinajstić information content (AvgIpc) is 0.850. The Kier molecular flexibility index (Phi) is 45.9. The summed E-state index contributed by atoms with van der Waals surface area (Å²) in [6, 6.07) is -18.8. The molecule has 0 fully saturated rings. The van der Waals surface area contributed by atoms with Crippen molar-refractivity contribution in [1.29, 1.82) is 0 Å². The van der Waals surface area contributed by atoms with Crippen LogP contribution < -0.4 is 86.3 Å². The lowest BCUT2D eigenvalue weighted by Crippen LogP contribution is -2.62. The number of aromatic hydroxyl groups is 1. The molecule has 0 heterocycles. The number of phenols is 1. The van der Waals surface area contributed by atoms with E-state index in [0.717, 1.165) is 20.8 Å². The number of aliphatic hydroxyl groups is 2. The van der Waals surface area contributed by atoms with Crippen molar-refractivity contribution in [1.82, 2.24) is 69.1 Å². The summed E-state index contributed by atoms with van der Waals surface area (Å²) in [7, 11) is 0.